The van der Waals surface area contributed by atoms with Crippen LogP contribution in [0.4, 0.5) is 14.5 Å². The summed E-state index contributed by atoms with van der Waals surface area (Å²) in [5.41, 5.74) is -0.157. The van der Waals surface area contributed by atoms with Crippen molar-refractivity contribution in [2.45, 2.75) is 39.7 Å². The van der Waals surface area contributed by atoms with E-state index >= 15 is 0 Å². The fourth-order valence-corrected chi connectivity index (χ4v) is 1.85. The predicted molar refractivity (Wildman–Crippen MR) is 74.9 cm³/mol. The Hall–Kier alpha value is -1.65. The summed E-state index contributed by atoms with van der Waals surface area (Å²) >= 11 is 0. The molecule has 1 rings (SSSR count). The Kier molecular flexibility index (Phi) is 5.92. The number of carbonyl (C=O) groups excluding carboxylic acids is 1. The van der Waals surface area contributed by atoms with Crippen molar-refractivity contribution >= 4 is 11.7 Å². The summed E-state index contributed by atoms with van der Waals surface area (Å²) in [7, 11) is 1.16. The van der Waals surface area contributed by atoms with E-state index in [-0.39, 0.29) is 17.3 Å². The first-order valence-corrected chi connectivity index (χ1v) is 6.69. The highest BCUT2D eigenvalue weighted by atomic mass is 19.1. The lowest BCUT2D eigenvalue weighted by molar-refractivity contribution is 0.0595. The second-order valence-electron chi connectivity index (χ2n) is 5.32. The monoisotopic (exact) mass is 285 g/mol. The number of esters is 1. The van der Waals surface area contributed by atoms with Gasteiger partial charge in [0, 0.05) is 12.1 Å². The van der Waals surface area contributed by atoms with E-state index < -0.39 is 17.6 Å². The molecule has 1 aromatic rings. The van der Waals surface area contributed by atoms with Crippen LogP contribution in [0.25, 0.3) is 0 Å². The summed E-state index contributed by atoms with van der Waals surface area (Å²) in [5, 5.41) is 2.96. The predicted octanol–water partition coefficient (Wildman–Crippen LogP) is 3.99. The first kappa shape index (κ1) is 16.4. The van der Waals surface area contributed by atoms with Gasteiger partial charge in [0.05, 0.1) is 18.4 Å². The number of ether oxygens (including phenoxy) is 1. The summed E-state index contributed by atoms with van der Waals surface area (Å²) < 4.78 is 31.7. The third-order valence-corrected chi connectivity index (χ3v) is 3.04. The number of halogens is 2. The Morgan fingerprint density at radius 3 is 2.40 bits per heavy atom. The van der Waals surface area contributed by atoms with Crippen molar-refractivity contribution in [1.82, 2.24) is 0 Å². The number of hydrogen-bond donors (Lipinski definition) is 1. The molecule has 0 fully saturated rings. The van der Waals surface area contributed by atoms with Gasteiger partial charge in [-0.25, -0.2) is 13.6 Å². The second-order valence-corrected chi connectivity index (χ2v) is 5.32. The van der Waals surface area contributed by atoms with E-state index in [0.717, 1.165) is 26.0 Å². The van der Waals surface area contributed by atoms with Gasteiger partial charge in [-0.05, 0) is 31.7 Å². The molecule has 3 nitrogen and oxygen atoms in total. The Morgan fingerprint density at radius 1 is 1.20 bits per heavy atom. The first-order valence-electron chi connectivity index (χ1n) is 6.69. The largest absolute Gasteiger partial charge is 0.465 e. The molecule has 0 saturated heterocycles. The Bertz CT molecular complexity index is 475. The van der Waals surface area contributed by atoms with Gasteiger partial charge in [-0.1, -0.05) is 13.8 Å². The summed E-state index contributed by atoms with van der Waals surface area (Å²) in [6.07, 6.45) is 1.86. The summed E-state index contributed by atoms with van der Waals surface area (Å²) in [6.45, 7) is 6.14. The lowest BCUT2D eigenvalue weighted by Gasteiger charge is -2.17. The van der Waals surface area contributed by atoms with Crippen LogP contribution in [-0.2, 0) is 4.74 Å². The zero-order chi connectivity index (χ0) is 15.3. The average Bonchev–Trinajstić information content (AvgIpc) is 2.38. The van der Waals surface area contributed by atoms with Gasteiger partial charge < -0.3 is 10.1 Å². The van der Waals surface area contributed by atoms with Gasteiger partial charge in [0.1, 0.15) is 11.6 Å². The van der Waals surface area contributed by atoms with Gasteiger partial charge in [-0.15, -0.1) is 0 Å². The number of rotatable bonds is 6. The van der Waals surface area contributed by atoms with E-state index in [1.165, 1.54) is 0 Å². The van der Waals surface area contributed by atoms with E-state index in [1.54, 1.807) is 0 Å². The van der Waals surface area contributed by atoms with E-state index in [4.69, 9.17) is 0 Å². The molecule has 0 bridgehead atoms. The van der Waals surface area contributed by atoms with Crippen molar-refractivity contribution in [3.8, 4) is 0 Å². The summed E-state index contributed by atoms with van der Waals surface area (Å²) in [6, 6.07) is 1.88. The SMILES string of the molecule is COC(=O)c1cc(NC(C)CCC(C)C)c(F)cc1F. The molecular weight excluding hydrogens is 264 g/mol. The standard InChI is InChI=1S/C15H21F2NO2/c1-9(2)5-6-10(3)18-14-7-11(15(19)20-4)12(16)8-13(14)17/h7-10,18H,5-6H2,1-4H3. The van der Waals surface area contributed by atoms with E-state index in [1.807, 2.05) is 6.92 Å². The maximum atomic E-state index is 13.7. The van der Waals surface area contributed by atoms with Crippen molar-refractivity contribution in [2.24, 2.45) is 5.92 Å². The number of methoxy groups -OCH3 is 1. The molecule has 0 spiro atoms. The van der Waals surface area contributed by atoms with Crippen LogP contribution in [0.1, 0.15) is 44.0 Å². The van der Waals surface area contributed by atoms with Crippen molar-refractivity contribution in [3.05, 3.63) is 29.3 Å². The molecule has 1 atom stereocenters. The van der Waals surface area contributed by atoms with Gasteiger partial charge >= 0.3 is 5.97 Å². The molecule has 0 aliphatic rings. The molecular formula is C15H21F2NO2. The molecule has 1 N–H and O–H groups in total. The van der Waals surface area contributed by atoms with Gasteiger partial charge in [0.25, 0.3) is 0 Å². The van der Waals surface area contributed by atoms with Crippen LogP contribution in [0.2, 0.25) is 0 Å². The number of carbonyl (C=O) groups is 1. The zero-order valence-corrected chi connectivity index (χ0v) is 12.3. The number of benzene rings is 1. The lowest BCUT2D eigenvalue weighted by atomic mass is 10.0. The van der Waals surface area contributed by atoms with Crippen molar-refractivity contribution in [3.63, 3.8) is 0 Å². The van der Waals surface area contributed by atoms with Crippen LogP contribution in [0.5, 0.6) is 0 Å². The molecule has 0 saturated carbocycles. The molecule has 5 heteroatoms. The van der Waals surface area contributed by atoms with Crippen molar-refractivity contribution in [2.75, 3.05) is 12.4 Å². The smallest absolute Gasteiger partial charge is 0.340 e. The maximum absolute atomic E-state index is 13.7. The lowest BCUT2D eigenvalue weighted by Crippen LogP contribution is -2.18. The third-order valence-electron chi connectivity index (χ3n) is 3.04. The first-order chi connectivity index (χ1) is 9.35. The fourth-order valence-electron chi connectivity index (χ4n) is 1.85. The molecule has 0 radical (unpaired) electrons. The van der Waals surface area contributed by atoms with Crippen molar-refractivity contribution in [1.29, 1.82) is 0 Å². The summed E-state index contributed by atoms with van der Waals surface area (Å²) in [5.74, 6) is -1.90. The van der Waals surface area contributed by atoms with Gasteiger partial charge in [-0.3, -0.25) is 0 Å². The van der Waals surface area contributed by atoms with Crippen LogP contribution in [0, 0.1) is 17.6 Å². The van der Waals surface area contributed by atoms with Gasteiger partial charge in [0.15, 0.2) is 0 Å². The molecule has 0 aliphatic heterocycles. The topological polar surface area (TPSA) is 38.3 Å². The van der Waals surface area contributed by atoms with E-state index in [9.17, 15) is 13.6 Å². The highest BCUT2D eigenvalue weighted by Gasteiger charge is 2.17. The molecule has 1 unspecified atom stereocenters. The highest BCUT2D eigenvalue weighted by molar-refractivity contribution is 5.90. The van der Waals surface area contributed by atoms with Gasteiger partial charge in [-0.2, -0.15) is 0 Å². The minimum Gasteiger partial charge on any atom is -0.465 e. The molecule has 0 amide bonds. The van der Waals surface area contributed by atoms with Crippen LogP contribution in [0.3, 0.4) is 0 Å². The third kappa shape index (κ3) is 4.47. The normalized spacial score (nSPS) is 12.3. The van der Waals surface area contributed by atoms with Crippen LogP contribution >= 0.6 is 0 Å². The number of anilines is 1. The molecule has 0 aliphatic carbocycles. The minimum absolute atomic E-state index is 0.0304. The maximum Gasteiger partial charge on any atom is 0.340 e. The second kappa shape index (κ2) is 7.22. The van der Waals surface area contributed by atoms with Crippen LogP contribution in [-0.4, -0.2) is 19.1 Å². The zero-order valence-electron chi connectivity index (χ0n) is 12.3. The molecule has 0 heterocycles. The van der Waals surface area contributed by atoms with Crippen molar-refractivity contribution < 1.29 is 18.3 Å². The Morgan fingerprint density at radius 2 is 1.85 bits per heavy atom. The van der Waals surface area contributed by atoms with E-state index in [0.29, 0.717) is 12.0 Å². The molecule has 0 aromatic heterocycles. The van der Waals surface area contributed by atoms with Crippen LogP contribution in [0.15, 0.2) is 12.1 Å². The quantitative estimate of drug-likeness (QED) is 0.803. The minimum atomic E-state index is -0.922. The number of nitrogens with one attached hydrogen (secondary N) is 1. The highest BCUT2D eigenvalue weighted by Crippen LogP contribution is 2.22. The average molecular weight is 285 g/mol. The van der Waals surface area contributed by atoms with Crippen LogP contribution < -0.4 is 5.32 Å². The molecule has 112 valence electrons. The van der Waals surface area contributed by atoms with Gasteiger partial charge in [0.2, 0.25) is 0 Å². The Labute approximate surface area is 118 Å². The summed E-state index contributed by atoms with van der Waals surface area (Å²) in [4.78, 5) is 11.4. The molecule has 1 aromatic carbocycles. The molecule has 20 heavy (non-hydrogen) atoms. The fraction of sp³-hybridized carbons (Fsp3) is 0.533. The Balaban J connectivity index is 2.86. The van der Waals surface area contributed by atoms with E-state index in [2.05, 4.69) is 23.9 Å². The number of hydrogen-bond acceptors (Lipinski definition) is 3.